The maximum atomic E-state index is 10.8. The number of carboxylic acid groups (broad SMARTS) is 1. The van der Waals surface area contributed by atoms with E-state index in [9.17, 15) is 9.90 Å². The molecule has 0 fully saturated rings. The van der Waals surface area contributed by atoms with Gasteiger partial charge in [-0.05, 0) is 6.07 Å². The summed E-state index contributed by atoms with van der Waals surface area (Å²) in [4.78, 5) is 10.8. The van der Waals surface area contributed by atoms with Crippen LogP contribution in [0.15, 0.2) is 29.8 Å². The van der Waals surface area contributed by atoms with Gasteiger partial charge in [-0.25, -0.2) is 0 Å². The maximum absolute atomic E-state index is 10.8. The maximum Gasteiger partial charge on any atom is 0.131 e. The molecule has 0 N–H and O–H groups in total. The van der Waals surface area contributed by atoms with Gasteiger partial charge in [0.1, 0.15) is 5.75 Å². The molecule has 3 nitrogen and oxygen atoms in total. The van der Waals surface area contributed by atoms with Crippen molar-refractivity contribution in [2.45, 2.75) is 6.42 Å². The first-order valence-electron chi connectivity index (χ1n) is 4.26. The largest absolute Gasteiger partial charge is 0.545 e. The Morgan fingerprint density at radius 2 is 2.27 bits per heavy atom. The van der Waals surface area contributed by atoms with E-state index in [-0.39, 0.29) is 11.3 Å². The highest BCUT2D eigenvalue weighted by Crippen LogP contribution is 2.26. The van der Waals surface area contributed by atoms with Gasteiger partial charge < -0.3 is 14.6 Å². The number of hydrogen-bond donors (Lipinski definition) is 0. The zero-order valence-corrected chi connectivity index (χ0v) is 9.00. The Labute approximate surface area is 92.9 Å². The minimum atomic E-state index is -1.27. The highest BCUT2D eigenvalue weighted by Gasteiger charge is 2.09. The fourth-order valence-electron chi connectivity index (χ4n) is 1.33. The molecule has 0 unspecified atom stereocenters. The van der Waals surface area contributed by atoms with E-state index in [0.29, 0.717) is 17.0 Å². The lowest BCUT2D eigenvalue weighted by Crippen LogP contribution is -2.23. The van der Waals surface area contributed by atoms with Crippen LogP contribution in [0.5, 0.6) is 5.75 Å². The number of carbonyl (C=O) groups is 1. The zero-order chi connectivity index (χ0) is 11.4. The van der Waals surface area contributed by atoms with Gasteiger partial charge in [0.2, 0.25) is 0 Å². The Morgan fingerprint density at radius 1 is 1.60 bits per heavy atom. The number of carboxylic acids is 1. The van der Waals surface area contributed by atoms with Crippen LogP contribution in [-0.2, 0) is 6.42 Å². The summed E-state index contributed by atoms with van der Waals surface area (Å²) in [7, 11) is 1.41. The monoisotopic (exact) mass is 225 g/mol. The smallest absolute Gasteiger partial charge is 0.131 e. The summed E-state index contributed by atoms with van der Waals surface area (Å²) in [6.45, 7) is 3.55. The van der Waals surface area contributed by atoms with Crippen molar-refractivity contribution in [3.63, 3.8) is 0 Å². The van der Waals surface area contributed by atoms with Gasteiger partial charge in [0.15, 0.2) is 0 Å². The lowest BCUT2D eigenvalue weighted by atomic mass is 10.1. The van der Waals surface area contributed by atoms with Gasteiger partial charge in [-0.2, -0.15) is 0 Å². The molecule has 0 heterocycles. The molecule has 1 aromatic carbocycles. The summed E-state index contributed by atoms with van der Waals surface area (Å²) >= 11 is 5.66. The van der Waals surface area contributed by atoms with Crippen LogP contribution >= 0.6 is 11.6 Å². The molecule has 0 spiro atoms. The van der Waals surface area contributed by atoms with Crippen LogP contribution in [0.25, 0.3) is 0 Å². The van der Waals surface area contributed by atoms with Gasteiger partial charge in [-0.1, -0.05) is 30.3 Å². The highest BCUT2D eigenvalue weighted by atomic mass is 35.5. The minimum Gasteiger partial charge on any atom is -0.545 e. The van der Waals surface area contributed by atoms with E-state index in [4.69, 9.17) is 16.3 Å². The topological polar surface area (TPSA) is 49.4 Å². The van der Waals surface area contributed by atoms with E-state index in [1.165, 1.54) is 13.2 Å². The van der Waals surface area contributed by atoms with E-state index in [2.05, 4.69) is 6.58 Å². The number of carbonyl (C=O) groups excluding carboxylic acids is 1. The van der Waals surface area contributed by atoms with Gasteiger partial charge >= 0.3 is 0 Å². The third kappa shape index (κ3) is 2.73. The van der Waals surface area contributed by atoms with Gasteiger partial charge in [0.05, 0.1) is 13.1 Å². The number of para-hydroxylation sites is 1. The molecule has 0 saturated carbocycles. The Morgan fingerprint density at radius 3 is 2.73 bits per heavy atom. The van der Waals surface area contributed by atoms with Crippen molar-refractivity contribution in [2.24, 2.45) is 0 Å². The van der Waals surface area contributed by atoms with E-state index in [1.807, 2.05) is 0 Å². The number of halogens is 1. The predicted molar refractivity (Wildman–Crippen MR) is 56.0 cm³/mol. The first kappa shape index (κ1) is 11.6. The molecular weight excluding hydrogens is 216 g/mol. The molecule has 0 saturated heterocycles. The molecule has 0 aliphatic rings. The fourth-order valence-corrected chi connectivity index (χ4v) is 1.48. The number of rotatable bonds is 4. The first-order chi connectivity index (χ1) is 7.06. The molecule has 0 aliphatic heterocycles. The molecule has 0 amide bonds. The van der Waals surface area contributed by atoms with Gasteiger partial charge in [0, 0.05) is 22.6 Å². The van der Waals surface area contributed by atoms with Crippen molar-refractivity contribution < 1.29 is 14.6 Å². The van der Waals surface area contributed by atoms with E-state index >= 15 is 0 Å². The van der Waals surface area contributed by atoms with Crippen LogP contribution in [0.3, 0.4) is 0 Å². The molecular formula is C11H10ClO3-. The third-order valence-corrected chi connectivity index (χ3v) is 2.04. The van der Waals surface area contributed by atoms with Gasteiger partial charge in [0.25, 0.3) is 0 Å². The Kier molecular flexibility index (Phi) is 3.74. The summed E-state index contributed by atoms with van der Waals surface area (Å²) in [5, 5.41) is 11.2. The third-order valence-electron chi connectivity index (χ3n) is 1.90. The van der Waals surface area contributed by atoms with E-state index < -0.39 is 5.97 Å². The Hall–Kier alpha value is -1.48. The second-order valence-electron chi connectivity index (χ2n) is 2.98. The summed E-state index contributed by atoms with van der Waals surface area (Å²) < 4.78 is 5.02. The minimum absolute atomic E-state index is 0.0212. The molecule has 80 valence electrons. The van der Waals surface area contributed by atoms with Crippen LogP contribution in [0.1, 0.15) is 15.9 Å². The summed E-state index contributed by atoms with van der Waals surface area (Å²) in [5.74, 6) is -0.992. The Bertz CT molecular complexity index is 399. The van der Waals surface area contributed by atoms with Crippen molar-refractivity contribution in [1.82, 2.24) is 0 Å². The summed E-state index contributed by atoms with van der Waals surface area (Å²) in [6.07, 6.45) is 0.367. The second-order valence-corrected chi connectivity index (χ2v) is 3.51. The SMILES string of the molecule is C=C(Cl)Cc1cccc(C(=O)[O-])c1OC. The van der Waals surface area contributed by atoms with Crippen molar-refractivity contribution in [1.29, 1.82) is 0 Å². The lowest BCUT2D eigenvalue weighted by Gasteiger charge is -2.13. The number of ether oxygens (including phenoxy) is 1. The number of hydrogen-bond acceptors (Lipinski definition) is 3. The number of allylic oxidation sites excluding steroid dienone is 1. The van der Waals surface area contributed by atoms with Crippen LogP contribution < -0.4 is 9.84 Å². The second kappa shape index (κ2) is 4.84. The molecule has 1 rings (SSSR count). The van der Waals surface area contributed by atoms with Crippen molar-refractivity contribution in [2.75, 3.05) is 7.11 Å². The van der Waals surface area contributed by atoms with Crippen LogP contribution in [0.2, 0.25) is 0 Å². The van der Waals surface area contributed by atoms with E-state index in [0.717, 1.165) is 0 Å². The Balaban J connectivity index is 3.21. The average Bonchev–Trinajstić information content (AvgIpc) is 2.16. The molecule has 0 atom stereocenters. The standard InChI is InChI=1S/C11H11ClO3/c1-7(12)6-8-4-3-5-9(11(13)14)10(8)15-2/h3-5H,1,6H2,2H3,(H,13,14)/p-1. The molecule has 0 radical (unpaired) electrons. The molecule has 4 heteroatoms. The van der Waals surface area contributed by atoms with E-state index in [1.54, 1.807) is 12.1 Å². The van der Waals surface area contributed by atoms with Crippen LogP contribution in [0, 0.1) is 0 Å². The predicted octanol–water partition coefficient (Wildman–Crippen LogP) is 1.35. The van der Waals surface area contributed by atoms with Gasteiger partial charge in [-0.15, -0.1) is 0 Å². The molecule has 1 aromatic rings. The highest BCUT2D eigenvalue weighted by molar-refractivity contribution is 6.29. The number of aromatic carboxylic acids is 1. The van der Waals surface area contributed by atoms with Crippen molar-refractivity contribution >= 4 is 17.6 Å². The van der Waals surface area contributed by atoms with Crippen molar-refractivity contribution in [3.8, 4) is 5.75 Å². The number of benzene rings is 1. The quantitative estimate of drug-likeness (QED) is 0.777. The zero-order valence-electron chi connectivity index (χ0n) is 8.25. The summed E-state index contributed by atoms with van der Waals surface area (Å²) in [6, 6.07) is 4.77. The van der Waals surface area contributed by atoms with Crippen LogP contribution in [-0.4, -0.2) is 13.1 Å². The first-order valence-corrected chi connectivity index (χ1v) is 4.64. The normalized spacial score (nSPS) is 9.73. The molecule has 0 aliphatic carbocycles. The summed E-state index contributed by atoms with van der Waals surface area (Å²) in [5.41, 5.74) is 0.701. The fraction of sp³-hybridized carbons (Fsp3) is 0.182. The average molecular weight is 226 g/mol. The van der Waals surface area contributed by atoms with Gasteiger partial charge in [-0.3, -0.25) is 0 Å². The number of methoxy groups -OCH3 is 1. The molecule has 0 bridgehead atoms. The molecule has 0 aromatic heterocycles. The van der Waals surface area contributed by atoms with Crippen LogP contribution in [0.4, 0.5) is 0 Å². The lowest BCUT2D eigenvalue weighted by molar-refractivity contribution is -0.255. The van der Waals surface area contributed by atoms with Crippen molar-refractivity contribution in [3.05, 3.63) is 40.9 Å². The molecule has 15 heavy (non-hydrogen) atoms.